The summed E-state index contributed by atoms with van der Waals surface area (Å²) in [7, 11) is 0. The predicted molar refractivity (Wildman–Crippen MR) is 63.7 cm³/mol. The van der Waals surface area contributed by atoms with Crippen molar-refractivity contribution in [2.75, 3.05) is 13.2 Å². The smallest absolute Gasteiger partial charge is 0.410 e. The van der Waals surface area contributed by atoms with Gasteiger partial charge in [0.15, 0.2) is 0 Å². The third kappa shape index (κ3) is 2.28. The fourth-order valence-corrected chi connectivity index (χ4v) is 2.12. The molecule has 0 unspecified atom stereocenters. The molecular formula is C12H19N3O2. The SMILES string of the molecule is CCOC(=O)N1CCc2ncn(C(C)C)c2C1. The number of fused-ring (bicyclic) bond motifs is 1. The minimum atomic E-state index is -0.227. The van der Waals surface area contributed by atoms with Gasteiger partial charge in [-0.3, -0.25) is 0 Å². The lowest BCUT2D eigenvalue weighted by atomic mass is 10.1. The topological polar surface area (TPSA) is 47.4 Å². The Hall–Kier alpha value is -1.52. The van der Waals surface area contributed by atoms with Crippen LogP contribution in [0.1, 0.15) is 38.2 Å². The molecule has 0 atom stereocenters. The molecular weight excluding hydrogens is 218 g/mol. The summed E-state index contributed by atoms with van der Waals surface area (Å²) >= 11 is 0. The van der Waals surface area contributed by atoms with Gasteiger partial charge in [-0.25, -0.2) is 9.78 Å². The molecule has 94 valence electrons. The number of imidazole rings is 1. The number of rotatable bonds is 2. The Morgan fingerprint density at radius 2 is 2.35 bits per heavy atom. The highest BCUT2D eigenvalue weighted by molar-refractivity contribution is 5.67. The zero-order chi connectivity index (χ0) is 12.4. The standard InChI is InChI=1S/C12H19N3O2/c1-4-17-12(16)14-6-5-10-11(7-14)15(8-13-10)9(2)3/h8-9H,4-7H2,1-3H3. The molecule has 0 bridgehead atoms. The maximum Gasteiger partial charge on any atom is 0.410 e. The van der Waals surface area contributed by atoms with Crippen LogP contribution in [0, 0.1) is 0 Å². The average molecular weight is 237 g/mol. The van der Waals surface area contributed by atoms with Crippen LogP contribution < -0.4 is 0 Å². The number of aromatic nitrogens is 2. The Bertz CT molecular complexity index is 412. The van der Waals surface area contributed by atoms with E-state index in [0.717, 1.165) is 17.8 Å². The van der Waals surface area contributed by atoms with Gasteiger partial charge in [-0.15, -0.1) is 0 Å². The second-order valence-corrected chi connectivity index (χ2v) is 4.51. The second-order valence-electron chi connectivity index (χ2n) is 4.51. The number of ether oxygens (including phenoxy) is 1. The van der Waals surface area contributed by atoms with Gasteiger partial charge in [-0.05, 0) is 20.8 Å². The fraction of sp³-hybridized carbons (Fsp3) is 0.667. The quantitative estimate of drug-likeness (QED) is 0.790. The van der Waals surface area contributed by atoms with Crippen molar-refractivity contribution in [2.45, 2.75) is 39.8 Å². The average Bonchev–Trinajstić information content (AvgIpc) is 2.71. The van der Waals surface area contributed by atoms with Gasteiger partial charge < -0.3 is 14.2 Å². The van der Waals surface area contributed by atoms with Gasteiger partial charge in [0.05, 0.1) is 30.9 Å². The Morgan fingerprint density at radius 3 is 3.00 bits per heavy atom. The molecule has 0 radical (unpaired) electrons. The first kappa shape index (κ1) is 12.0. The van der Waals surface area contributed by atoms with E-state index in [1.165, 1.54) is 0 Å². The molecule has 5 nitrogen and oxygen atoms in total. The van der Waals surface area contributed by atoms with E-state index in [1.54, 1.807) is 4.90 Å². The summed E-state index contributed by atoms with van der Waals surface area (Å²) in [5, 5.41) is 0. The summed E-state index contributed by atoms with van der Waals surface area (Å²) in [6.07, 6.45) is 2.45. The van der Waals surface area contributed by atoms with Crippen molar-refractivity contribution >= 4 is 6.09 Å². The predicted octanol–water partition coefficient (Wildman–Crippen LogP) is 1.98. The lowest BCUT2D eigenvalue weighted by molar-refractivity contribution is 0.101. The molecule has 0 spiro atoms. The minimum absolute atomic E-state index is 0.227. The molecule has 0 N–H and O–H groups in total. The lowest BCUT2D eigenvalue weighted by Gasteiger charge is -2.27. The van der Waals surface area contributed by atoms with E-state index in [1.807, 2.05) is 13.3 Å². The summed E-state index contributed by atoms with van der Waals surface area (Å²) in [4.78, 5) is 17.8. The molecule has 0 fully saturated rings. The third-order valence-electron chi connectivity index (χ3n) is 3.02. The number of amides is 1. The molecule has 0 saturated carbocycles. The number of carbonyl (C=O) groups is 1. The van der Waals surface area contributed by atoms with Gasteiger partial charge in [0.2, 0.25) is 0 Å². The van der Waals surface area contributed by atoms with Crippen LogP contribution in [0.4, 0.5) is 4.79 Å². The van der Waals surface area contributed by atoms with Crippen LogP contribution in [0.3, 0.4) is 0 Å². The summed E-state index contributed by atoms with van der Waals surface area (Å²) < 4.78 is 7.16. The summed E-state index contributed by atoms with van der Waals surface area (Å²) in [5.74, 6) is 0. The zero-order valence-electron chi connectivity index (χ0n) is 10.6. The third-order valence-corrected chi connectivity index (χ3v) is 3.02. The van der Waals surface area contributed by atoms with Crippen LogP contribution in [0.2, 0.25) is 0 Å². The molecule has 5 heteroatoms. The number of nitrogens with zero attached hydrogens (tertiary/aromatic N) is 3. The highest BCUT2D eigenvalue weighted by Gasteiger charge is 2.25. The van der Waals surface area contributed by atoms with Crippen molar-refractivity contribution in [3.05, 3.63) is 17.7 Å². The molecule has 1 aliphatic rings. The number of carbonyl (C=O) groups excluding carboxylic acids is 1. The van der Waals surface area contributed by atoms with Crippen LogP contribution in [0.5, 0.6) is 0 Å². The Balaban J connectivity index is 2.16. The molecule has 17 heavy (non-hydrogen) atoms. The van der Waals surface area contributed by atoms with Gasteiger partial charge in [0.1, 0.15) is 0 Å². The Morgan fingerprint density at radius 1 is 1.59 bits per heavy atom. The molecule has 1 aromatic rings. The highest BCUT2D eigenvalue weighted by atomic mass is 16.6. The van der Waals surface area contributed by atoms with E-state index in [4.69, 9.17) is 4.74 Å². The maximum absolute atomic E-state index is 11.7. The van der Waals surface area contributed by atoms with Crippen LogP contribution in [-0.4, -0.2) is 33.7 Å². The maximum atomic E-state index is 11.7. The van der Waals surface area contributed by atoms with Crippen molar-refractivity contribution < 1.29 is 9.53 Å². The first-order valence-corrected chi connectivity index (χ1v) is 6.09. The van der Waals surface area contributed by atoms with Gasteiger partial charge in [0.25, 0.3) is 0 Å². The van der Waals surface area contributed by atoms with Gasteiger partial charge in [0, 0.05) is 19.0 Å². The molecule has 0 saturated heterocycles. The van der Waals surface area contributed by atoms with E-state index in [9.17, 15) is 4.79 Å². The Labute approximate surface area is 101 Å². The van der Waals surface area contributed by atoms with E-state index in [2.05, 4.69) is 23.4 Å². The highest BCUT2D eigenvalue weighted by Crippen LogP contribution is 2.21. The van der Waals surface area contributed by atoms with Crippen molar-refractivity contribution in [1.29, 1.82) is 0 Å². The second kappa shape index (κ2) is 4.77. The molecule has 1 aliphatic heterocycles. The number of hydrogen-bond acceptors (Lipinski definition) is 3. The summed E-state index contributed by atoms with van der Waals surface area (Å²) in [6, 6.07) is 0.369. The molecule has 2 heterocycles. The van der Waals surface area contributed by atoms with Gasteiger partial charge in [-0.1, -0.05) is 0 Å². The van der Waals surface area contributed by atoms with Crippen LogP contribution in [0.15, 0.2) is 6.33 Å². The van der Waals surface area contributed by atoms with Crippen molar-refractivity contribution in [1.82, 2.24) is 14.5 Å². The summed E-state index contributed by atoms with van der Waals surface area (Å²) in [5.41, 5.74) is 2.25. The molecule has 0 aliphatic carbocycles. The lowest BCUT2D eigenvalue weighted by Crippen LogP contribution is -2.37. The van der Waals surface area contributed by atoms with Crippen molar-refractivity contribution in [3.8, 4) is 0 Å². The summed E-state index contributed by atoms with van der Waals surface area (Å²) in [6.45, 7) is 7.78. The van der Waals surface area contributed by atoms with E-state index >= 15 is 0 Å². The molecule has 1 aromatic heterocycles. The van der Waals surface area contributed by atoms with Crippen molar-refractivity contribution in [3.63, 3.8) is 0 Å². The minimum Gasteiger partial charge on any atom is -0.450 e. The van der Waals surface area contributed by atoms with Crippen molar-refractivity contribution in [2.24, 2.45) is 0 Å². The molecule has 1 amide bonds. The van der Waals surface area contributed by atoms with Gasteiger partial charge >= 0.3 is 6.09 Å². The van der Waals surface area contributed by atoms with Gasteiger partial charge in [-0.2, -0.15) is 0 Å². The van der Waals surface area contributed by atoms with Crippen LogP contribution in [-0.2, 0) is 17.7 Å². The first-order chi connectivity index (χ1) is 8.13. The largest absolute Gasteiger partial charge is 0.450 e. The van der Waals surface area contributed by atoms with E-state index < -0.39 is 0 Å². The van der Waals surface area contributed by atoms with Crippen LogP contribution in [0.25, 0.3) is 0 Å². The first-order valence-electron chi connectivity index (χ1n) is 6.09. The fourth-order valence-electron chi connectivity index (χ4n) is 2.12. The van der Waals surface area contributed by atoms with E-state index in [-0.39, 0.29) is 6.09 Å². The number of hydrogen-bond donors (Lipinski definition) is 0. The normalized spacial score (nSPS) is 14.9. The Kier molecular flexibility index (Phi) is 3.36. The molecule has 2 rings (SSSR count). The van der Waals surface area contributed by atoms with Crippen LogP contribution >= 0.6 is 0 Å². The van der Waals surface area contributed by atoms with E-state index in [0.29, 0.717) is 25.7 Å². The monoisotopic (exact) mass is 237 g/mol. The zero-order valence-corrected chi connectivity index (χ0v) is 10.6. The molecule has 0 aromatic carbocycles.